The summed E-state index contributed by atoms with van der Waals surface area (Å²) in [6.45, 7) is 5.39. The fraction of sp³-hybridized carbons (Fsp3) is 0.800. The molecule has 112 valence electrons. The van der Waals surface area contributed by atoms with Crippen molar-refractivity contribution in [2.45, 2.75) is 51.2 Å². The van der Waals surface area contributed by atoms with Crippen molar-refractivity contribution in [1.29, 1.82) is 0 Å². The third-order valence-corrected chi connectivity index (χ3v) is 5.52. The molecule has 1 aliphatic carbocycles. The van der Waals surface area contributed by atoms with Gasteiger partial charge in [0.2, 0.25) is 0 Å². The predicted molar refractivity (Wildman–Crippen MR) is 83.7 cm³/mol. The fourth-order valence-electron chi connectivity index (χ4n) is 3.15. The Hall–Kier alpha value is -0.650. The second-order valence-electron chi connectivity index (χ2n) is 5.80. The molecule has 2 unspecified atom stereocenters. The molecule has 1 saturated heterocycles. The second kappa shape index (κ2) is 6.41. The molecule has 2 atom stereocenters. The Balaban J connectivity index is 1.74. The summed E-state index contributed by atoms with van der Waals surface area (Å²) in [7, 11) is 1.81. The van der Waals surface area contributed by atoms with Crippen LogP contribution in [0.2, 0.25) is 0 Å². The molecule has 5 heteroatoms. The topological polar surface area (TPSA) is 37.4 Å². The van der Waals surface area contributed by atoms with Gasteiger partial charge in [-0.15, -0.1) is 11.3 Å². The average molecular weight is 295 g/mol. The number of hydrogen-bond donors (Lipinski definition) is 1. The van der Waals surface area contributed by atoms with Crippen LogP contribution in [0.4, 0.5) is 5.13 Å². The van der Waals surface area contributed by atoms with E-state index in [1.54, 1.807) is 0 Å². The van der Waals surface area contributed by atoms with Crippen LogP contribution >= 0.6 is 11.3 Å². The Labute approximate surface area is 125 Å². The summed E-state index contributed by atoms with van der Waals surface area (Å²) in [4.78, 5) is 8.86. The Morgan fingerprint density at radius 3 is 3.10 bits per heavy atom. The fourth-order valence-corrected chi connectivity index (χ4v) is 4.35. The number of fused-ring (bicyclic) bond motifs is 1. The molecule has 1 aromatic heterocycles. The first-order valence-electron chi connectivity index (χ1n) is 7.82. The zero-order valence-corrected chi connectivity index (χ0v) is 13.3. The molecule has 0 amide bonds. The van der Waals surface area contributed by atoms with E-state index in [0.717, 1.165) is 26.1 Å². The molecule has 20 heavy (non-hydrogen) atoms. The van der Waals surface area contributed by atoms with Crippen LogP contribution in [0.15, 0.2) is 0 Å². The molecule has 1 fully saturated rings. The standard InChI is InChI=1S/C15H25N3OS/c1-3-8-16-12-5-4-6-13-14(12)17-15(20-13)18-9-7-11(10-18)19-2/h11-12,16H,3-10H2,1-2H3. The van der Waals surface area contributed by atoms with Crippen molar-refractivity contribution in [1.82, 2.24) is 10.3 Å². The first-order valence-corrected chi connectivity index (χ1v) is 8.64. The van der Waals surface area contributed by atoms with E-state index in [4.69, 9.17) is 9.72 Å². The van der Waals surface area contributed by atoms with Crippen LogP contribution in [0, 0.1) is 0 Å². The zero-order chi connectivity index (χ0) is 13.9. The molecule has 0 aromatic carbocycles. The molecule has 1 N–H and O–H groups in total. The largest absolute Gasteiger partial charge is 0.380 e. The maximum Gasteiger partial charge on any atom is 0.185 e. The van der Waals surface area contributed by atoms with Gasteiger partial charge in [-0.1, -0.05) is 6.92 Å². The van der Waals surface area contributed by atoms with Crippen LogP contribution in [-0.2, 0) is 11.2 Å². The number of thiazole rings is 1. The van der Waals surface area contributed by atoms with Crippen molar-refractivity contribution in [2.24, 2.45) is 0 Å². The van der Waals surface area contributed by atoms with E-state index >= 15 is 0 Å². The van der Waals surface area contributed by atoms with E-state index in [0.29, 0.717) is 12.1 Å². The van der Waals surface area contributed by atoms with Gasteiger partial charge in [0.25, 0.3) is 0 Å². The van der Waals surface area contributed by atoms with Gasteiger partial charge >= 0.3 is 0 Å². The van der Waals surface area contributed by atoms with E-state index in [1.165, 1.54) is 41.4 Å². The number of nitrogens with zero attached hydrogens (tertiary/aromatic N) is 2. The van der Waals surface area contributed by atoms with Gasteiger partial charge in [0, 0.05) is 25.1 Å². The number of nitrogens with one attached hydrogen (secondary N) is 1. The Morgan fingerprint density at radius 2 is 2.35 bits per heavy atom. The molecule has 0 bridgehead atoms. The van der Waals surface area contributed by atoms with Gasteiger partial charge in [0.05, 0.1) is 17.8 Å². The Morgan fingerprint density at radius 1 is 1.45 bits per heavy atom. The number of methoxy groups -OCH3 is 1. The van der Waals surface area contributed by atoms with Crippen LogP contribution in [0.1, 0.15) is 49.2 Å². The van der Waals surface area contributed by atoms with Gasteiger partial charge in [-0.25, -0.2) is 4.98 Å². The van der Waals surface area contributed by atoms with Crippen molar-refractivity contribution in [3.05, 3.63) is 10.6 Å². The van der Waals surface area contributed by atoms with E-state index in [1.807, 2.05) is 18.4 Å². The summed E-state index contributed by atoms with van der Waals surface area (Å²) in [5.41, 5.74) is 1.32. The lowest BCUT2D eigenvalue weighted by molar-refractivity contribution is 0.121. The van der Waals surface area contributed by atoms with Crippen LogP contribution < -0.4 is 10.2 Å². The predicted octanol–water partition coefficient (Wildman–Crippen LogP) is 2.75. The van der Waals surface area contributed by atoms with Gasteiger partial charge in [-0.3, -0.25) is 0 Å². The first kappa shape index (κ1) is 14.3. The quantitative estimate of drug-likeness (QED) is 0.906. The zero-order valence-electron chi connectivity index (χ0n) is 12.5. The maximum absolute atomic E-state index is 5.46. The smallest absolute Gasteiger partial charge is 0.185 e. The number of aryl methyl sites for hydroxylation is 1. The van der Waals surface area contributed by atoms with Crippen LogP contribution in [0.3, 0.4) is 0 Å². The highest BCUT2D eigenvalue weighted by molar-refractivity contribution is 7.15. The summed E-state index contributed by atoms with van der Waals surface area (Å²) < 4.78 is 5.46. The van der Waals surface area contributed by atoms with Gasteiger partial charge in [0.15, 0.2) is 5.13 Å². The van der Waals surface area contributed by atoms with E-state index < -0.39 is 0 Å². The van der Waals surface area contributed by atoms with E-state index in [-0.39, 0.29) is 0 Å². The normalized spacial score (nSPS) is 26.0. The monoisotopic (exact) mass is 295 g/mol. The highest BCUT2D eigenvalue weighted by Crippen LogP contribution is 2.37. The molecule has 4 nitrogen and oxygen atoms in total. The minimum absolute atomic E-state index is 0.380. The molecule has 2 aliphatic rings. The highest BCUT2D eigenvalue weighted by atomic mass is 32.1. The highest BCUT2D eigenvalue weighted by Gasteiger charge is 2.29. The number of ether oxygens (including phenoxy) is 1. The SMILES string of the molecule is CCCNC1CCCc2sc(N3CCC(OC)C3)nc21. The summed E-state index contributed by atoms with van der Waals surface area (Å²) in [6.07, 6.45) is 6.42. The third kappa shape index (κ3) is 2.85. The number of anilines is 1. The molecule has 1 aromatic rings. The number of hydrogen-bond acceptors (Lipinski definition) is 5. The van der Waals surface area contributed by atoms with Crippen molar-refractivity contribution in [2.75, 3.05) is 31.6 Å². The lowest BCUT2D eigenvalue weighted by Crippen LogP contribution is -2.26. The van der Waals surface area contributed by atoms with Gasteiger partial charge < -0.3 is 15.0 Å². The van der Waals surface area contributed by atoms with Gasteiger partial charge in [-0.2, -0.15) is 0 Å². The summed E-state index contributed by atoms with van der Waals surface area (Å²) in [5, 5.41) is 4.86. The average Bonchev–Trinajstić information content (AvgIpc) is 3.10. The molecule has 3 rings (SSSR count). The maximum atomic E-state index is 5.46. The molecule has 0 spiro atoms. The Bertz CT molecular complexity index is 448. The molecule has 0 saturated carbocycles. The van der Waals surface area contributed by atoms with Crippen molar-refractivity contribution >= 4 is 16.5 Å². The molecular weight excluding hydrogens is 270 g/mol. The first-order chi connectivity index (χ1) is 9.81. The number of rotatable bonds is 5. The minimum atomic E-state index is 0.380. The number of aromatic nitrogens is 1. The van der Waals surface area contributed by atoms with Gasteiger partial charge in [-0.05, 0) is 38.6 Å². The summed E-state index contributed by atoms with van der Waals surface area (Å²) in [6, 6.07) is 0.476. The molecule has 0 radical (unpaired) electrons. The summed E-state index contributed by atoms with van der Waals surface area (Å²) in [5.74, 6) is 0. The van der Waals surface area contributed by atoms with Crippen LogP contribution in [0.25, 0.3) is 0 Å². The van der Waals surface area contributed by atoms with Crippen LogP contribution in [0.5, 0.6) is 0 Å². The lowest BCUT2D eigenvalue weighted by Gasteiger charge is -2.22. The third-order valence-electron chi connectivity index (χ3n) is 4.33. The van der Waals surface area contributed by atoms with E-state index in [2.05, 4.69) is 17.1 Å². The molecular formula is C15H25N3OS. The Kier molecular flexibility index (Phi) is 4.58. The minimum Gasteiger partial charge on any atom is -0.380 e. The van der Waals surface area contributed by atoms with Crippen molar-refractivity contribution in [3.63, 3.8) is 0 Å². The van der Waals surface area contributed by atoms with Crippen molar-refractivity contribution in [3.8, 4) is 0 Å². The van der Waals surface area contributed by atoms with Gasteiger partial charge in [0.1, 0.15) is 0 Å². The van der Waals surface area contributed by atoms with Crippen molar-refractivity contribution < 1.29 is 4.74 Å². The van der Waals surface area contributed by atoms with Crippen LogP contribution in [-0.4, -0.2) is 37.8 Å². The lowest BCUT2D eigenvalue weighted by atomic mass is 9.97. The second-order valence-corrected chi connectivity index (χ2v) is 6.86. The van der Waals surface area contributed by atoms with E-state index in [9.17, 15) is 0 Å². The summed E-state index contributed by atoms with van der Waals surface area (Å²) >= 11 is 1.90. The molecule has 1 aliphatic heterocycles. The molecule has 2 heterocycles.